The molecule has 0 aliphatic carbocycles. The monoisotopic (exact) mass is 328 g/mol. The minimum atomic E-state index is 0.388. The number of carbonyl (C=O) groups is 1. The summed E-state index contributed by atoms with van der Waals surface area (Å²) in [6.45, 7) is 6.42. The zero-order valence-electron chi connectivity index (χ0n) is 15.0. The fraction of sp³-hybridized carbons (Fsp3) is 0.667. The zero-order valence-corrected chi connectivity index (χ0v) is 15.0. The lowest BCUT2D eigenvalue weighted by molar-refractivity contribution is -0.134. The molecule has 1 atom stereocenters. The summed E-state index contributed by atoms with van der Waals surface area (Å²) in [6.07, 6.45) is 6.67. The molecule has 0 saturated carbocycles. The normalized spacial score (nSPS) is 21.6. The lowest BCUT2D eigenvalue weighted by Gasteiger charge is -2.34. The Bertz CT molecular complexity index is 502. The number of likely N-dealkylation sites (tertiary alicyclic amines) is 1. The van der Waals surface area contributed by atoms with E-state index in [-0.39, 0.29) is 0 Å². The molecular weight excluding hydrogens is 296 g/mol. The third-order valence-corrected chi connectivity index (χ3v) is 6.02. The summed E-state index contributed by atoms with van der Waals surface area (Å²) in [5, 5.41) is 3.42. The highest BCUT2D eigenvalue weighted by Gasteiger charge is 2.27. The predicted octanol–water partition coefficient (Wildman–Crippen LogP) is 3.49. The van der Waals surface area contributed by atoms with E-state index in [2.05, 4.69) is 47.5 Å². The number of nitrogens with zero attached hydrogens (tertiary/aromatic N) is 1. The first-order valence-electron chi connectivity index (χ1n) is 9.75. The van der Waals surface area contributed by atoms with Crippen molar-refractivity contribution in [1.29, 1.82) is 0 Å². The number of benzene rings is 1. The van der Waals surface area contributed by atoms with Gasteiger partial charge in [-0.25, -0.2) is 0 Å². The van der Waals surface area contributed by atoms with Gasteiger partial charge in [0, 0.05) is 19.5 Å². The molecule has 2 heterocycles. The highest BCUT2D eigenvalue weighted by molar-refractivity contribution is 5.76. The van der Waals surface area contributed by atoms with Crippen LogP contribution in [-0.4, -0.2) is 37.0 Å². The van der Waals surface area contributed by atoms with Gasteiger partial charge in [-0.15, -0.1) is 0 Å². The van der Waals surface area contributed by atoms with Gasteiger partial charge < -0.3 is 10.2 Å². The van der Waals surface area contributed by atoms with E-state index < -0.39 is 0 Å². The summed E-state index contributed by atoms with van der Waals surface area (Å²) in [7, 11) is 0. The zero-order chi connectivity index (χ0) is 16.8. The number of hydrogen-bond donors (Lipinski definition) is 1. The van der Waals surface area contributed by atoms with E-state index in [1.807, 2.05) is 0 Å². The third kappa shape index (κ3) is 4.83. The maximum atomic E-state index is 12.6. The first-order chi connectivity index (χ1) is 11.7. The lowest BCUT2D eigenvalue weighted by Crippen LogP contribution is -2.40. The first-order valence-corrected chi connectivity index (χ1v) is 9.75. The van der Waals surface area contributed by atoms with Crippen LogP contribution >= 0.6 is 0 Å². The van der Waals surface area contributed by atoms with Gasteiger partial charge in [-0.2, -0.15) is 0 Å². The Kier molecular flexibility index (Phi) is 6.30. The van der Waals surface area contributed by atoms with Crippen LogP contribution in [0.4, 0.5) is 0 Å². The van der Waals surface area contributed by atoms with Gasteiger partial charge in [0.15, 0.2) is 0 Å². The number of carbonyl (C=O) groups excluding carboxylic acids is 1. The molecule has 2 aliphatic rings. The Hall–Kier alpha value is -1.35. The van der Waals surface area contributed by atoms with E-state index in [1.165, 1.54) is 18.4 Å². The Labute approximate surface area is 146 Å². The summed E-state index contributed by atoms with van der Waals surface area (Å²) in [5.74, 6) is 2.38. The second kappa shape index (κ2) is 8.66. The van der Waals surface area contributed by atoms with Crippen molar-refractivity contribution in [2.24, 2.45) is 17.8 Å². The molecule has 3 nitrogen and oxygen atoms in total. The molecule has 1 N–H and O–H groups in total. The lowest BCUT2D eigenvalue weighted by atomic mass is 9.83. The summed E-state index contributed by atoms with van der Waals surface area (Å²) >= 11 is 0. The second-order valence-electron chi connectivity index (χ2n) is 7.78. The van der Waals surface area contributed by atoms with Gasteiger partial charge >= 0.3 is 0 Å². The van der Waals surface area contributed by atoms with E-state index in [9.17, 15) is 4.79 Å². The number of amides is 1. The molecule has 2 saturated heterocycles. The van der Waals surface area contributed by atoms with Gasteiger partial charge in [0.1, 0.15) is 0 Å². The smallest absolute Gasteiger partial charge is 0.222 e. The van der Waals surface area contributed by atoms with Crippen LogP contribution in [0.5, 0.6) is 0 Å². The molecule has 3 rings (SSSR count). The molecule has 0 aromatic heterocycles. The van der Waals surface area contributed by atoms with Gasteiger partial charge in [0.2, 0.25) is 5.91 Å². The molecule has 0 radical (unpaired) electrons. The molecule has 132 valence electrons. The fourth-order valence-electron chi connectivity index (χ4n) is 4.32. The average molecular weight is 329 g/mol. The number of piperidine rings is 2. The van der Waals surface area contributed by atoms with Crippen molar-refractivity contribution in [1.82, 2.24) is 10.2 Å². The third-order valence-electron chi connectivity index (χ3n) is 6.02. The minimum absolute atomic E-state index is 0.388. The van der Waals surface area contributed by atoms with Crippen molar-refractivity contribution in [2.45, 2.75) is 45.4 Å². The standard InChI is InChI=1S/C21H32N2O/c1-17(20-7-11-22-12-8-20)15-21(24)23-13-9-19(10-14-23)16-18-5-3-2-4-6-18/h2-6,17,19-20,22H,7-16H2,1H3. The molecule has 1 amide bonds. The Balaban J connectivity index is 1.41. The van der Waals surface area contributed by atoms with Crippen LogP contribution in [0.1, 0.15) is 44.6 Å². The van der Waals surface area contributed by atoms with Gasteiger partial charge in [-0.3, -0.25) is 4.79 Å². The van der Waals surface area contributed by atoms with Crippen molar-refractivity contribution in [3.05, 3.63) is 35.9 Å². The van der Waals surface area contributed by atoms with Crippen molar-refractivity contribution >= 4 is 5.91 Å². The van der Waals surface area contributed by atoms with Crippen LogP contribution in [0.3, 0.4) is 0 Å². The Morgan fingerprint density at radius 1 is 1.12 bits per heavy atom. The molecule has 3 heteroatoms. The van der Waals surface area contributed by atoms with E-state index in [4.69, 9.17) is 0 Å². The summed E-state index contributed by atoms with van der Waals surface area (Å²) in [5.41, 5.74) is 1.43. The molecule has 24 heavy (non-hydrogen) atoms. The van der Waals surface area contributed by atoms with E-state index in [1.54, 1.807) is 0 Å². The molecular formula is C21H32N2O. The van der Waals surface area contributed by atoms with Crippen molar-refractivity contribution in [2.75, 3.05) is 26.2 Å². The van der Waals surface area contributed by atoms with E-state index in [0.717, 1.165) is 63.7 Å². The van der Waals surface area contributed by atoms with Crippen LogP contribution in [0, 0.1) is 17.8 Å². The van der Waals surface area contributed by atoms with Crippen LogP contribution in [0.15, 0.2) is 30.3 Å². The van der Waals surface area contributed by atoms with Crippen LogP contribution in [0.2, 0.25) is 0 Å². The first kappa shape index (κ1) is 17.5. The minimum Gasteiger partial charge on any atom is -0.343 e. The molecule has 0 bridgehead atoms. The average Bonchev–Trinajstić information content (AvgIpc) is 2.64. The topological polar surface area (TPSA) is 32.3 Å². The molecule has 2 fully saturated rings. The molecule has 2 aliphatic heterocycles. The second-order valence-corrected chi connectivity index (χ2v) is 7.78. The van der Waals surface area contributed by atoms with E-state index in [0.29, 0.717) is 11.8 Å². The summed E-state index contributed by atoms with van der Waals surface area (Å²) < 4.78 is 0. The predicted molar refractivity (Wildman–Crippen MR) is 98.8 cm³/mol. The van der Waals surface area contributed by atoms with E-state index >= 15 is 0 Å². The Morgan fingerprint density at radius 2 is 1.79 bits per heavy atom. The number of nitrogens with one attached hydrogen (secondary N) is 1. The van der Waals surface area contributed by atoms with Crippen molar-refractivity contribution in [3.8, 4) is 0 Å². The maximum absolute atomic E-state index is 12.6. The number of hydrogen-bond acceptors (Lipinski definition) is 2. The van der Waals surface area contributed by atoms with Crippen LogP contribution in [-0.2, 0) is 11.2 Å². The molecule has 0 spiro atoms. The molecule has 1 aromatic rings. The molecule has 1 unspecified atom stereocenters. The quantitative estimate of drug-likeness (QED) is 0.897. The maximum Gasteiger partial charge on any atom is 0.222 e. The van der Waals surface area contributed by atoms with Gasteiger partial charge in [0.05, 0.1) is 0 Å². The summed E-state index contributed by atoms with van der Waals surface area (Å²) in [6, 6.07) is 10.8. The van der Waals surface area contributed by atoms with Gasteiger partial charge in [-0.05, 0) is 68.5 Å². The summed E-state index contributed by atoms with van der Waals surface area (Å²) in [4.78, 5) is 14.8. The van der Waals surface area contributed by atoms with Gasteiger partial charge in [-0.1, -0.05) is 37.3 Å². The molecule has 1 aromatic carbocycles. The van der Waals surface area contributed by atoms with Crippen molar-refractivity contribution < 1.29 is 4.79 Å². The van der Waals surface area contributed by atoms with Crippen molar-refractivity contribution in [3.63, 3.8) is 0 Å². The Morgan fingerprint density at radius 3 is 2.46 bits per heavy atom. The highest BCUT2D eigenvalue weighted by atomic mass is 16.2. The van der Waals surface area contributed by atoms with Gasteiger partial charge in [0.25, 0.3) is 0 Å². The highest BCUT2D eigenvalue weighted by Crippen LogP contribution is 2.27. The van der Waals surface area contributed by atoms with Crippen LogP contribution in [0.25, 0.3) is 0 Å². The SMILES string of the molecule is CC(CC(=O)N1CCC(Cc2ccccc2)CC1)C1CCNCC1. The van der Waals surface area contributed by atoms with Crippen LogP contribution < -0.4 is 5.32 Å². The largest absolute Gasteiger partial charge is 0.343 e. The number of rotatable bonds is 5. The fourth-order valence-corrected chi connectivity index (χ4v) is 4.32.